The minimum Gasteiger partial charge on any atom is -0.449 e. The van der Waals surface area contributed by atoms with Crippen LogP contribution in [0.1, 0.15) is 51.0 Å². The van der Waals surface area contributed by atoms with Crippen LogP contribution in [0.5, 0.6) is 0 Å². The molecule has 47 heavy (non-hydrogen) atoms. The number of alkyl halides is 3. The molecule has 14 heteroatoms. The molecule has 2 unspecified atom stereocenters. The first-order valence-electron chi connectivity index (χ1n) is 15.1. The van der Waals surface area contributed by atoms with Gasteiger partial charge in [-0.05, 0) is 37.1 Å². The number of aromatic nitrogens is 1. The molecule has 5 rings (SSSR count). The number of halogens is 5. The second kappa shape index (κ2) is 13.7. The molecular weight excluding hydrogens is 642 g/mol. The van der Waals surface area contributed by atoms with E-state index in [4.69, 9.17) is 16.3 Å². The minimum atomic E-state index is -2.86. The van der Waals surface area contributed by atoms with Crippen molar-refractivity contribution in [2.45, 2.75) is 74.9 Å². The summed E-state index contributed by atoms with van der Waals surface area (Å²) in [6, 6.07) is 4.12. The number of carbonyl (C=O) groups excluding carboxylic acids is 3. The van der Waals surface area contributed by atoms with E-state index in [0.29, 0.717) is 6.07 Å². The Kier molecular flexibility index (Phi) is 9.91. The van der Waals surface area contributed by atoms with Gasteiger partial charge in [0.2, 0.25) is 17.7 Å². The first-order chi connectivity index (χ1) is 22.3. The number of nitrogens with one attached hydrogen (secondary N) is 1. The Morgan fingerprint density at radius 1 is 1.17 bits per heavy atom. The number of cyclic esters (lactones) is 1. The van der Waals surface area contributed by atoms with E-state index in [9.17, 15) is 37.2 Å². The molecule has 3 amide bonds. The lowest BCUT2D eigenvalue weighted by atomic mass is 9.74. The van der Waals surface area contributed by atoms with Crippen molar-refractivity contribution in [3.8, 4) is 6.07 Å². The van der Waals surface area contributed by atoms with Crippen molar-refractivity contribution >= 4 is 41.0 Å². The Balaban J connectivity index is 1.57. The number of hydrogen-bond acceptors (Lipinski definition) is 6. The molecule has 2 aliphatic carbocycles. The molecule has 1 saturated heterocycles. The molecular formula is C33H32ClF4N5O4. The molecule has 1 aromatic heterocycles. The van der Waals surface area contributed by atoms with Crippen LogP contribution in [0.25, 0.3) is 0 Å². The summed E-state index contributed by atoms with van der Waals surface area (Å²) in [4.78, 5) is 48.1. The van der Waals surface area contributed by atoms with E-state index in [1.165, 1.54) is 18.3 Å². The molecule has 2 fully saturated rings. The zero-order valence-corrected chi connectivity index (χ0v) is 26.1. The number of pyridine rings is 1. The highest BCUT2D eigenvalue weighted by Crippen LogP contribution is 2.41. The molecule has 0 bridgehead atoms. The summed E-state index contributed by atoms with van der Waals surface area (Å²) < 4.78 is 62.5. The van der Waals surface area contributed by atoms with Gasteiger partial charge in [-0.1, -0.05) is 31.2 Å². The molecule has 2 heterocycles. The van der Waals surface area contributed by atoms with Gasteiger partial charge in [-0.25, -0.2) is 27.3 Å². The summed E-state index contributed by atoms with van der Waals surface area (Å²) in [6.45, 7) is 1.56. The fourth-order valence-electron chi connectivity index (χ4n) is 6.25. The lowest BCUT2D eigenvalue weighted by Gasteiger charge is -2.45. The predicted molar refractivity (Wildman–Crippen MR) is 165 cm³/mol. The molecule has 3 aliphatic rings. The second-order valence-corrected chi connectivity index (χ2v) is 12.6. The average molecular weight is 674 g/mol. The highest BCUT2D eigenvalue weighted by molar-refractivity contribution is 6.23. The molecule has 2 aromatic rings. The lowest BCUT2D eigenvalue weighted by Crippen LogP contribution is -2.62. The number of carbonyl (C=O) groups is 3. The molecule has 1 aromatic carbocycles. The van der Waals surface area contributed by atoms with Crippen molar-refractivity contribution in [3.05, 3.63) is 78.0 Å². The summed E-state index contributed by atoms with van der Waals surface area (Å²) in [5.74, 6) is -6.39. The Bertz CT molecular complexity index is 1620. The van der Waals surface area contributed by atoms with Gasteiger partial charge in [0, 0.05) is 49.4 Å². The Morgan fingerprint density at radius 3 is 2.53 bits per heavy atom. The van der Waals surface area contributed by atoms with Crippen LogP contribution in [0.2, 0.25) is 0 Å². The number of benzene rings is 1. The third kappa shape index (κ3) is 7.43. The van der Waals surface area contributed by atoms with Gasteiger partial charge < -0.3 is 10.1 Å². The van der Waals surface area contributed by atoms with Gasteiger partial charge in [0.1, 0.15) is 23.5 Å². The van der Waals surface area contributed by atoms with Gasteiger partial charge in [-0.2, -0.15) is 5.26 Å². The Hall–Kier alpha value is -4.44. The van der Waals surface area contributed by atoms with Crippen LogP contribution in [0.15, 0.2) is 60.8 Å². The molecule has 1 aliphatic heterocycles. The second-order valence-electron chi connectivity index (χ2n) is 12.1. The van der Waals surface area contributed by atoms with Gasteiger partial charge in [-0.15, -0.1) is 11.6 Å². The third-order valence-electron chi connectivity index (χ3n) is 8.76. The van der Waals surface area contributed by atoms with E-state index in [2.05, 4.69) is 10.3 Å². The Labute approximate surface area is 273 Å². The molecule has 248 valence electrons. The maximum Gasteiger partial charge on any atom is 0.415 e. The zero-order valence-electron chi connectivity index (χ0n) is 25.3. The third-order valence-corrected chi connectivity index (χ3v) is 9.38. The number of allylic oxidation sites excluding steroid dienone is 3. The molecule has 1 N–H and O–H groups in total. The van der Waals surface area contributed by atoms with Crippen LogP contribution in [-0.4, -0.2) is 58.9 Å². The summed E-state index contributed by atoms with van der Waals surface area (Å²) in [6.07, 6.45) is 5.78. The number of rotatable bonds is 8. The average Bonchev–Trinajstić information content (AvgIpc) is 3.01. The number of nitrogens with zero attached hydrogens (tertiary/aromatic N) is 4. The maximum atomic E-state index is 14.7. The highest BCUT2D eigenvalue weighted by atomic mass is 35.5. The summed E-state index contributed by atoms with van der Waals surface area (Å²) >= 11 is 6.78. The van der Waals surface area contributed by atoms with Gasteiger partial charge in [0.15, 0.2) is 0 Å². The van der Waals surface area contributed by atoms with Crippen LogP contribution in [-0.2, 0) is 14.3 Å². The predicted octanol–water partition coefficient (Wildman–Crippen LogP) is 6.17. The first-order valence-corrected chi connectivity index (χ1v) is 15.5. The topological polar surface area (TPSA) is 116 Å². The van der Waals surface area contributed by atoms with Crippen molar-refractivity contribution in [1.82, 2.24) is 10.3 Å². The monoisotopic (exact) mass is 673 g/mol. The minimum absolute atomic E-state index is 0.0152. The summed E-state index contributed by atoms with van der Waals surface area (Å²) in [5.41, 5.74) is -1.44. The van der Waals surface area contributed by atoms with Crippen LogP contribution in [0, 0.1) is 28.4 Å². The molecule has 9 nitrogen and oxygen atoms in total. The van der Waals surface area contributed by atoms with E-state index in [-0.39, 0.29) is 42.9 Å². The first kappa shape index (κ1) is 33.9. The molecule has 4 atom stereocenters. The van der Waals surface area contributed by atoms with E-state index in [1.54, 1.807) is 31.2 Å². The maximum absolute atomic E-state index is 14.7. The molecule has 0 radical (unpaired) electrons. The fourth-order valence-corrected chi connectivity index (χ4v) is 6.52. The van der Waals surface area contributed by atoms with E-state index >= 15 is 0 Å². The van der Waals surface area contributed by atoms with Gasteiger partial charge in [-0.3, -0.25) is 19.4 Å². The van der Waals surface area contributed by atoms with Crippen LogP contribution < -0.4 is 15.1 Å². The normalized spacial score (nSPS) is 24.6. The van der Waals surface area contributed by atoms with Crippen LogP contribution in [0.4, 0.5) is 33.9 Å². The standard InChI is InChI=1S/C33H32ClF4N5O4/c1-32(9-3-2-4-26(32)34)29(30(45)41-23-5-10-33(37,38)11-6-23)43(25-16-21(35)15-22(36)17-25)28(44)18-24-8-13-47-31(46)42(24)27-14-20(19-39)7-12-40-27/h2-4,7,9,12,14-17,23-24,26,29H,5-6,8,10-11,13,18H2,1H3,(H,41,45)/t24-,26?,29+,32?/m0/s1. The largest absolute Gasteiger partial charge is 0.449 e. The van der Waals surface area contributed by atoms with Gasteiger partial charge >= 0.3 is 6.09 Å². The van der Waals surface area contributed by atoms with Crippen molar-refractivity contribution in [2.24, 2.45) is 5.41 Å². The summed E-state index contributed by atoms with van der Waals surface area (Å²) in [5, 5.41) is 11.3. The molecule has 1 saturated carbocycles. The van der Waals surface area contributed by atoms with E-state index in [0.717, 1.165) is 21.9 Å². The lowest BCUT2D eigenvalue weighted by molar-refractivity contribution is -0.130. The van der Waals surface area contributed by atoms with Gasteiger partial charge in [0.25, 0.3) is 0 Å². The van der Waals surface area contributed by atoms with Crippen LogP contribution >= 0.6 is 11.6 Å². The quantitative estimate of drug-likeness (QED) is 0.265. The zero-order chi connectivity index (χ0) is 33.9. The van der Waals surface area contributed by atoms with Crippen molar-refractivity contribution < 1.29 is 36.7 Å². The number of nitriles is 1. The number of hydrogen-bond donors (Lipinski definition) is 1. The SMILES string of the molecule is CC1([C@@H](C(=O)NC2CCC(F)(F)CC2)N(C(=O)C[C@@H]2CCOC(=O)N2c2cc(C#N)ccn2)c2cc(F)cc(F)c2)C=CC=CC1Cl. The molecule has 0 spiro atoms. The number of ether oxygens (including phenoxy) is 1. The van der Waals surface area contributed by atoms with Crippen molar-refractivity contribution in [1.29, 1.82) is 5.26 Å². The number of amides is 3. The Morgan fingerprint density at radius 2 is 1.87 bits per heavy atom. The van der Waals surface area contributed by atoms with E-state index < -0.39 is 83.6 Å². The summed E-state index contributed by atoms with van der Waals surface area (Å²) in [7, 11) is 0. The van der Waals surface area contributed by atoms with Crippen molar-refractivity contribution in [2.75, 3.05) is 16.4 Å². The van der Waals surface area contributed by atoms with E-state index in [1.807, 2.05) is 6.07 Å². The number of anilines is 2. The van der Waals surface area contributed by atoms with Crippen LogP contribution in [0.3, 0.4) is 0 Å². The van der Waals surface area contributed by atoms with Crippen molar-refractivity contribution in [3.63, 3.8) is 0 Å². The smallest absolute Gasteiger partial charge is 0.415 e. The highest BCUT2D eigenvalue weighted by Gasteiger charge is 2.50. The fraction of sp³-hybridized carbons (Fsp3) is 0.424. The van der Waals surface area contributed by atoms with Gasteiger partial charge in [0.05, 0.1) is 35.3 Å².